The summed E-state index contributed by atoms with van der Waals surface area (Å²) in [7, 11) is 1.92. The van der Waals surface area contributed by atoms with Crippen LogP contribution in [0.25, 0.3) is 0 Å². The van der Waals surface area contributed by atoms with Crippen LogP contribution < -0.4 is 10.2 Å². The lowest BCUT2D eigenvalue weighted by atomic mass is 10.1. The molecule has 0 aliphatic carbocycles. The Morgan fingerprint density at radius 1 is 1.41 bits per heavy atom. The van der Waals surface area contributed by atoms with Crippen LogP contribution in [-0.4, -0.2) is 40.8 Å². The van der Waals surface area contributed by atoms with E-state index in [0.29, 0.717) is 0 Å². The number of aromatic nitrogens is 2. The maximum atomic E-state index is 9.34. The molecule has 0 saturated carbocycles. The molecule has 0 aliphatic rings. The summed E-state index contributed by atoms with van der Waals surface area (Å²) < 4.78 is 0. The highest BCUT2D eigenvalue weighted by atomic mass is 16.3. The minimum absolute atomic E-state index is 0.0746. The number of anilines is 2. The van der Waals surface area contributed by atoms with Crippen molar-refractivity contribution in [1.29, 1.82) is 0 Å². The van der Waals surface area contributed by atoms with Crippen molar-refractivity contribution in [2.45, 2.75) is 32.7 Å². The monoisotopic (exact) mass is 238 g/mol. The molecule has 0 amide bonds. The maximum Gasteiger partial charge on any atom is 0.134 e. The number of likely N-dealkylation sites (N-methyl/N-ethyl adjacent to an activating group) is 1. The largest absolute Gasteiger partial charge is 0.394 e. The second kappa shape index (κ2) is 5.82. The van der Waals surface area contributed by atoms with E-state index in [1.807, 2.05) is 31.9 Å². The van der Waals surface area contributed by atoms with Gasteiger partial charge in [-0.1, -0.05) is 6.92 Å². The van der Waals surface area contributed by atoms with Gasteiger partial charge in [0, 0.05) is 19.7 Å². The van der Waals surface area contributed by atoms with Gasteiger partial charge in [0.15, 0.2) is 0 Å². The molecule has 0 spiro atoms. The highest BCUT2D eigenvalue weighted by Crippen LogP contribution is 2.20. The van der Waals surface area contributed by atoms with Crippen molar-refractivity contribution in [3.05, 3.63) is 12.4 Å². The van der Waals surface area contributed by atoms with Gasteiger partial charge in [-0.3, -0.25) is 0 Å². The molecule has 0 aliphatic heterocycles. The highest BCUT2D eigenvalue weighted by molar-refractivity contribution is 5.49. The summed E-state index contributed by atoms with van der Waals surface area (Å²) in [5.41, 5.74) is -0.337. The van der Waals surface area contributed by atoms with E-state index in [9.17, 15) is 5.11 Å². The number of rotatable bonds is 6. The zero-order chi connectivity index (χ0) is 12.9. The van der Waals surface area contributed by atoms with E-state index in [1.165, 1.54) is 6.33 Å². The summed E-state index contributed by atoms with van der Waals surface area (Å²) >= 11 is 0. The first-order chi connectivity index (χ1) is 8.01. The summed E-state index contributed by atoms with van der Waals surface area (Å²) in [6.07, 6.45) is 2.59. The molecular weight excluding hydrogens is 216 g/mol. The third-order valence-corrected chi connectivity index (χ3v) is 2.85. The summed E-state index contributed by atoms with van der Waals surface area (Å²) in [4.78, 5) is 10.3. The summed E-state index contributed by atoms with van der Waals surface area (Å²) in [6, 6.07) is 1.90. The average molecular weight is 238 g/mol. The molecule has 17 heavy (non-hydrogen) atoms. The fourth-order valence-corrected chi connectivity index (χ4v) is 1.30. The van der Waals surface area contributed by atoms with E-state index in [1.54, 1.807) is 0 Å². The third-order valence-electron chi connectivity index (χ3n) is 2.85. The van der Waals surface area contributed by atoms with Gasteiger partial charge in [-0.2, -0.15) is 0 Å². The zero-order valence-corrected chi connectivity index (χ0v) is 11.1. The van der Waals surface area contributed by atoms with E-state index in [2.05, 4.69) is 22.2 Å². The number of hydrogen-bond acceptors (Lipinski definition) is 5. The van der Waals surface area contributed by atoms with Crippen LogP contribution in [0.5, 0.6) is 0 Å². The Labute approximate surface area is 103 Å². The van der Waals surface area contributed by atoms with Crippen molar-refractivity contribution < 1.29 is 5.11 Å². The van der Waals surface area contributed by atoms with Crippen LogP contribution in [0, 0.1) is 0 Å². The van der Waals surface area contributed by atoms with Gasteiger partial charge in [0.1, 0.15) is 18.0 Å². The molecule has 5 heteroatoms. The fourth-order valence-electron chi connectivity index (χ4n) is 1.30. The van der Waals surface area contributed by atoms with Gasteiger partial charge in [0.25, 0.3) is 0 Å². The molecule has 1 heterocycles. The topological polar surface area (TPSA) is 61.3 Å². The van der Waals surface area contributed by atoms with Crippen LogP contribution in [-0.2, 0) is 0 Å². The van der Waals surface area contributed by atoms with Gasteiger partial charge in [-0.15, -0.1) is 0 Å². The van der Waals surface area contributed by atoms with E-state index in [4.69, 9.17) is 0 Å². The molecule has 0 aromatic carbocycles. The zero-order valence-electron chi connectivity index (χ0n) is 11.1. The van der Waals surface area contributed by atoms with Crippen molar-refractivity contribution in [3.8, 4) is 0 Å². The van der Waals surface area contributed by atoms with Gasteiger partial charge in [0.2, 0.25) is 0 Å². The van der Waals surface area contributed by atoms with Gasteiger partial charge >= 0.3 is 0 Å². The Morgan fingerprint density at radius 3 is 2.71 bits per heavy atom. The number of aliphatic hydroxyl groups excluding tert-OH is 1. The Morgan fingerprint density at radius 2 is 2.12 bits per heavy atom. The van der Waals surface area contributed by atoms with E-state index in [0.717, 1.165) is 24.6 Å². The normalized spacial score (nSPS) is 11.4. The van der Waals surface area contributed by atoms with Gasteiger partial charge < -0.3 is 15.3 Å². The van der Waals surface area contributed by atoms with Crippen molar-refractivity contribution in [3.63, 3.8) is 0 Å². The second-order valence-electron chi connectivity index (χ2n) is 4.72. The predicted molar refractivity (Wildman–Crippen MR) is 70.4 cm³/mol. The van der Waals surface area contributed by atoms with Crippen molar-refractivity contribution in [1.82, 2.24) is 9.97 Å². The van der Waals surface area contributed by atoms with Crippen LogP contribution in [0.15, 0.2) is 12.4 Å². The van der Waals surface area contributed by atoms with Gasteiger partial charge in [-0.05, 0) is 20.3 Å². The summed E-state index contributed by atoms with van der Waals surface area (Å²) in [6.45, 7) is 7.01. The summed E-state index contributed by atoms with van der Waals surface area (Å²) in [5, 5.41) is 12.6. The highest BCUT2D eigenvalue weighted by Gasteiger charge is 2.23. The molecule has 0 fully saturated rings. The first-order valence-corrected chi connectivity index (χ1v) is 5.92. The van der Waals surface area contributed by atoms with Crippen LogP contribution in [0.2, 0.25) is 0 Å². The lowest BCUT2D eigenvalue weighted by molar-refractivity contribution is 0.215. The van der Waals surface area contributed by atoms with Crippen LogP contribution in [0.3, 0.4) is 0 Å². The molecule has 1 rings (SSSR count). The van der Waals surface area contributed by atoms with Gasteiger partial charge in [-0.25, -0.2) is 9.97 Å². The number of aliphatic hydroxyl groups is 1. The molecule has 0 atom stereocenters. The molecular formula is C12H22N4O. The summed E-state index contributed by atoms with van der Waals surface area (Å²) in [5.74, 6) is 1.62. The maximum absolute atomic E-state index is 9.34. The molecule has 2 N–H and O–H groups in total. The van der Waals surface area contributed by atoms with E-state index < -0.39 is 0 Å². The van der Waals surface area contributed by atoms with E-state index in [-0.39, 0.29) is 12.1 Å². The average Bonchev–Trinajstić information content (AvgIpc) is 2.35. The quantitative estimate of drug-likeness (QED) is 0.786. The third kappa shape index (κ3) is 3.56. The van der Waals surface area contributed by atoms with E-state index >= 15 is 0 Å². The van der Waals surface area contributed by atoms with Crippen LogP contribution in [0.1, 0.15) is 27.2 Å². The number of hydrogen-bond donors (Lipinski definition) is 2. The van der Waals surface area contributed by atoms with Crippen LogP contribution >= 0.6 is 0 Å². The lowest BCUT2D eigenvalue weighted by Gasteiger charge is -2.34. The molecule has 5 nitrogen and oxygen atoms in total. The smallest absolute Gasteiger partial charge is 0.134 e. The minimum Gasteiger partial charge on any atom is -0.394 e. The number of nitrogens with zero attached hydrogens (tertiary/aromatic N) is 3. The van der Waals surface area contributed by atoms with Crippen molar-refractivity contribution in [2.24, 2.45) is 0 Å². The second-order valence-corrected chi connectivity index (χ2v) is 4.72. The fraction of sp³-hybridized carbons (Fsp3) is 0.667. The SMILES string of the molecule is CCCNc1cc(N(C)C(C)(C)CO)ncn1. The Kier molecular flexibility index (Phi) is 4.69. The molecule has 1 aromatic heterocycles. The molecule has 96 valence electrons. The lowest BCUT2D eigenvalue weighted by Crippen LogP contribution is -2.44. The van der Waals surface area contributed by atoms with Crippen molar-refractivity contribution >= 4 is 11.6 Å². The molecule has 0 bridgehead atoms. The molecule has 0 saturated heterocycles. The number of nitrogens with one attached hydrogen (secondary N) is 1. The first kappa shape index (κ1) is 13.7. The molecule has 0 unspecified atom stereocenters. The minimum atomic E-state index is -0.337. The first-order valence-electron chi connectivity index (χ1n) is 5.92. The Bertz CT molecular complexity index is 354. The Hall–Kier alpha value is -1.36. The molecule has 1 aromatic rings. The van der Waals surface area contributed by atoms with Crippen LogP contribution in [0.4, 0.5) is 11.6 Å². The van der Waals surface area contributed by atoms with Crippen molar-refractivity contribution in [2.75, 3.05) is 30.4 Å². The predicted octanol–water partition coefficient (Wildman–Crippen LogP) is 1.51. The standard InChI is InChI=1S/C12H22N4O/c1-5-6-13-10-7-11(15-9-14-10)16(4)12(2,3)8-17/h7,9,17H,5-6,8H2,1-4H3,(H,13,14,15). The molecule has 0 radical (unpaired) electrons. The van der Waals surface area contributed by atoms with Gasteiger partial charge in [0.05, 0.1) is 12.1 Å². The Balaban J connectivity index is 2.84.